The molecule has 3 rings (SSSR count). The number of nitrogen functional groups attached to an aromatic ring is 1. The number of esters is 1. The van der Waals surface area contributed by atoms with Gasteiger partial charge in [0.05, 0.1) is 5.69 Å². The third-order valence-corrected chi connectivity index (χ3v) is 4.32. The number of aromatic nitrogens is 2. The Bertz CT molecular complexity index is 866. The van der Waals surface area contributed by atoms with Gasteiger partial charge in [-0.25, -0.2) is 9.78 Å². The number of carbonyl (C=O) groups excluding carboxylic acids is 1. The summed E-state index contributed by atoms with van der Waals surface area (Å²) in [6, 6.07) is 3.66. The van der Waals surface area contributed by atoms with Crippen molar-refractivity contribution in [2.75, 3.05) is 5.73 Å². The van der Waals surface area contributed by atoms with Crippen LogP contribution >= 0.6 is 11.3 Å². The van der Waals surface area contributed by atoms with Crippen molar-refractivity contribution >= 4 is 33.2 Å². The minimum atomic E-state index is -0.474. The summed E-state index contributed by atoms with van der Waals surface area (Å²) < 4.78 is 10.2. The van der Waals surface area contributed by atoms with Crippen molar-refractivity contribution in [3.8, 4) is 0 Å². The van der Waals surface area contributed by atoms with Crippen LogP contribution in [0.25, 0.3) is 10.2 Å². The van der Waals surface area contributed by atoms with Crippen molar-refractivity contribution in [2.45, 2.75) is 27.4 Å². The van der Waals surface area contributed by atoms with Gasteiger partial charge in [0.15, 0.2) is 0 Å². The molecule has 2 N–H and O–H groups in total. The Labute approximate surface area is 130 Å². The molecule has 0 saturated carbocycles. The van der Waals surface area contributed by atoms with E-state index in [1.54, 1.807) is 13.0 Å². The zero-order valence-electron chi connectivity index (χ0n) is 12.5. The Morgan fingerprint density at radius 3 is 2.82 bits per heavy atom. The lowest BCUT2D eigenvalue weighted by molar-refractivity contribution is 0.0471. The molecule has 0 bridgehead atoms. The van der Waals surface area contributed by atoms with E-state index in [-0.39, 0.29) is 6.61 Å². The van der Waals surface area contributed by atoms with Crippen LogP contribution in [-0.2, 0) is 11.3 Å². The predicted molar refractivity (Wildman–Crippen MR) is 83.9 cm³/mol. The molecule has 3 aromatic rings. The second kappa shape index (κ2) is 5.42. The van der Waals surface area contributed by atoms with Gasteiger partial charge in [-0.1, -0.05) is 5.16 Å². The SMILES string of the molecule is Cc1cc(C)c2c(N)c(C(=O)OCc3cc(C)on3)sc2n1. The molecule has 114 valence electrons. The van der Waals surface area contributed by atoms with E-state index in [4.69, 9.17) is 15.0 Å². The quantitative estimate of drug-likeness (QED) is 0.746. The Kier molecular flexibility index (Phi) is 3.58. The van der Waals surface area contributed by atoms with E-state index < -0.39 is 5.97 Å². The van der Waals surface area contributed by atoms with Crippen molar-refractivity contribution in [1.82, 2.24) is 10.1 Å². The van der Waals surface area contributed by atoms with Gasteiger partial charge in [0.25, 0.3) is 0 Å². The smallest absolute Gasteiger partial charge is 0.350 e. The number of nitrogens with two attached hydrogens (primary N) is 1. The molecule has 6 nitrogen and oxygen atoms in total. The Hall–Kier alpha value is -2.41. The molecular weight excluding hydrogens is 302 g/mol. The molecule has 0 unspecified atom stereocenters. The van der Waals surface area contributed by atoms with Crippen LogP contribution in [0.4, 0.5) is 5.69 Å². The normalized spacial score (nSPS) is 11.0. The van der Waals surface area contributed by atoms with Gasteiger partial charge in [-0.2, -0.15) is 0 Å². The average molecular weight is 317 g/mol. The van der Waals surface area contributed by atoms with E-state index in [1.807, 2.05) is 19.9 Å². The Morgan fingerprint density at radius 2 is 2.14 bits per heavy atom. The lowest BCUT2D eigenvalue weighted by Gasteiger charge is -2.02. The van der Waals surface area contributed by atoms with Crippen LogP contribution in [0, 0.1) is 20.8 Å². The number of fused-ring (bicyclic) bond motifs is 1. The molecule has 7 heteroatoms. The van der Waals surface area contributed by atoms with E-state index in [0.717, 1.165) is 21.5 Å². The highest BCUT2D eigenvalue weighted by Gasteiger charge is 2.20. The summed E-state index contributed by atoms with van der Waals surface area (Å²) in [7, 11) is 0. The second-order valence-corrected chi connectivity index (χ2v) is 6.11. The summed E-state index contributed by atoms with van der Waals surface area (Å²) in [6.45, 7) is 5.69. The molecule has 22 heavy (non-hydrogen) atoms. The first-order valence-electron chi connectivity index (χ1n) is 6.71. The first kappa shape index (κ1) is 14.5. The van der Waals surface area contributed by atoms with Crippen molar-refractivity contribution in [2.24, 2.45) is 0 Å². The fourth-order valence-electron chi connectivity index (χ4n) is 2.31. The maximum atomic E-state index is 12.2. The molecule has 3 heterocycles. The summed E-state index contributed by atoms with van der Waals surface area (Å²) in [5, 5.41) is 4.60. The molecule has 0 aliphatic carbocycles. The van der Waals surface area contributed by atoms with Crippen LogP contribution in [-0.4, -0.2) is 16.1 Å². The average Bonchev–Trinajstić information content (AvgIpc) is 3.00. The molecule has 3 aromatic heterocycles. The number of nitrogens with zero attached hydrogens (tertiary/aromatic N) is 2. The molecule has 0 aromatic carbocycles. The molecule has 0 fully saturated rings. The van der Waals surface area contributed by atoms with E-state index >= 15 is 0 Å². The van der Waals surface area contributed by atoms with Crippen LogP contribution in [0.1, 0.15) is 32.4 Å². The van der Waals surface area contributed by atoms with Crippen LogP contribution in [0.15, 0.2) is 16.7 Å². The monoisotopic (exact) mass is 317 g/mol. The number of rotatable bonds is 3. The Morgan fingerprint density at radius 1 is 1.36 bits per heavy atom. The summed E-state index contributed by atoms with van der Waals surface area (Å²) in [6.07, 6.45) is 0. The van der Waals surface area contributed by atoms with Gasteiger partial charge in [0.1, 0.15) is 27.8 Å². The molecule has 0 aliphatic heterocycles. The number of ether oxygens (including phenoxy) is 1. The first-order valence-corrected chi connectivity index (χ1v) is 7.53. The van der Waals surface area contributed by atoms with Crippen LogP contribution < -0.4 is 5.73 Å². The van der Waals surface area contributed by atoms with Crippen molar-refractivity contribution < 1.29 is 14.1 Å². The third kappa shape index (κ3) is 2.55. The van der Waals surface area contributed by atoms with Gasteiger partial charge in [-0.05, 0) is 32.4 Å². The fourth-order valence-corrected chi connectivity index (χ4v) is 3.42. The fraction of sp³-hybridized carbons (Fsp3) is 0.267. The molecular formula is C15H15N3O3S. The van der Waals surface area contributed by atoms with Gasteiger partial charge in [-0.3, -0.25) is 0 Å². The standard InChI is InChI=1S/C15H15N3O3S/c1-7-4-8(2)17-14-11(7)12(16)13(22-14)15(19)20-6-10-5-9(3)21-18-10/h4-5H,6,16H2,1-3H3. The largest absolute Gasteiger partial charge is 0.455 e. The van der Waals surface area contributed by atoms with Crippen molar-refractivity contribution in [1.29, 1.82) is 0 Å². The van der Waals surface area contributed by atoms with Crippen LogP contribution in [0.3, 0.4) is 0 Å². The highest BCUT2D eigenvalue weighted by molar-refractivity contribution is 7.21. The number of carbonyl (C=O) groups is 1. The number of hydrogen-bond acceptors (Lipinski definition) is 7. The minimum absolute atomic E-state index is 0.0509. The molecule has 0 spiro atoms. The van der Waals surface area contributed by atoms with Gasteiger partial charge < -0.3 is 15.0 Å². The van der Waals surface area contributed by atoms with Gasteiger partial charge in [0, 0.05) is 17.1 Å². The minimum Gasteiger partial charge on any atom is -0.455 e. The highest BCUT2D eigenvalue weighted by atomic mass is 32.1. The summed E-state index contributed by atoms with van der Waals surface area (Å²) in [4.78, 5) is 17.8. The van der Waals surface area contributed by atoms with Gasteiger partial charge >= 0.3 is 5.97 Å². The van der Waals surface area contributed by atoms with Crippen molar-refractivity contribution in [3.05, 3.63) is 39.7 Å². The van der Waals surface area contributed by atoms with Crippen molar-refractivity contribution in [3.63, 3.8) is 0 Å². The molecule has 0 atom stereocenters. The van der Waals surface area contributed by atoms with Crippen LogP contribution in [0.2, 0.25) is 0 Å². The topological polar surface area (TPSA) is 91.2 Å². The molecule has 0 saturated heterocycles. The first-order chi connectivity index (χ1) is 10.5. The predicted octanol–water partition coefficient (Wildman–Crippen LogP) is 3.15. The van der Waals surface area contributed by atoms with E-state index in [9.17, 15) is 4.79 Å². The summed E-state index contributed by atoms with van der Waals surface area (Å²) >= 11 is 1.25. The van der Waals surface area contributed by atoms with E-state index in [2.05, 4.69) is 10.1 Å². The lowest BCUT2D eigenvalue weighted by atomic mass is 10.1. The second-order valence-electron chi connectivity index (χ2n) is 5.11. The highest BCUT2D eigenvalue weighted by Crippen LogP contribution is 2.35. The molecule has 0 aliphatic rings. The third-order valence-electron chi connectivity index (χ3n) is 3.24. The zero-order chi connectivity index (χ0) is 15.9. The van der Waals surface area contributed by atoms with E-state index in [0.29, 0.717) is 22.0 Å². The number of hydrogen-bond donors (Lipinski definition) is 1. The molecule has 0 amide bonds. The summed E-state index contributed by atoms with van der Waals surface area (Å²) in [5.74, 6) is 0.195. The van der Waals surface area contributed by atoms with Gasteiger partial charge in [0.2, 0.25) is 0 Å². The number of pyridine rings is 1. The summed E-state index contributed by atoms with van der Waals surface area (Å²) in [5.41, 5.74) is 8.98. The van der Waals surface area contributed by atoms with Crippen LogP contribution in [0.5, 0.6) is 0 Å². The number of anilines is 1. The van der Waals surface area contributed by atoms with Gasteiger partial charge in [-0.15, -0.1) is 11.3 Å². The lowest BCUT2D eigenvalue weighted by Crippen LogP contribution is -2.05. The maximum Gasteiger partial charge on any atom is 0.350 e. The Balaban J connectivity index is 1.87. The zero-order valence-corrected chi connectivity index (χ0v) is 13.3. The number of thiophene rings is 1. The molecule has 0 radical (unpaired) electrons. The maximum absolute atomic E-state index is 12.2. The van der Waals surface area contributed by atoms with E-state index in [1.165, 1.54) is 11.3 Å². The number of aryl methyl sites for hydroxylation is 3.